The molecule has 6 rings (SSSR count). The van der Waals surface area contributed by atoms with Crippen molar-refractivity contribution in [3.63, 3.8) is 0 Å². The smallest absolute Gasteiger partial charge is 0.221 e. The average molecular weight is 460 g/mol. The lowest BCUT2D eigenvalue weighted by Crippen LogP contribution is -1.97. The Morgan fingerprint density at radius 1 is 0.771 bits per heavy atom. The number of pyridine rings is 1. The molecule has 0 spiro atoms. The summed E-state index contributed by atoms with van der Waals surface area (Å²) in [5.41, 5.74) is 6.33. The molecule has 2 aromatic heterocycles. The molecule has 1 aliphatic carbocycles. The number of ether oxygens (including phenoxy) is 1. The van der Waals surface area contributed by atoms with E-state index in [-0.39, 0.29) is 0 Å². The molecule has 35 heavy (non-hydrogen) atoms. The van der Waals surface area contributed by atoms with Gasteiger partial charge in [0.2, 0.25) is 5.88 Å². The first kappa shape index (κ1) is 21.2. The summed E-state index contributed by atoms with van der Waals surface area (Å²) in [4.78, 5) is 4.59. The molecular weight excluding hydrogens is 434 g/mol. The van der Waals surface area contributed by atoms with Gasteiger partial charge in [0.05, 0.1) is 0 Å². The largest absolute Gasteiger partial charge is 0.439 e. The summed E-state index contributed by atoms with van der Waals surface area (Å²) in [6, 6.07) is 32.5. The lowest BCUT2D eigenvalue weighted by Gasteiger charge is -2.09. The van der Waals surface area contributed by atoms with E-state index in [4.69, 9.17) is 9.26 Å². The molecule has 1 aliphatic rings. The van der Waals surface area contributed by atoms with Crippen LogP contribution in [0.3, 0.4) is 0 Å². The molecule has 3 aromatic carbocycles. The third-order valence-electron chi connectivity index (χ3n) is 6.24. The van der Waals surface area contributed by atoms with E-state index in [2.05, 4.69) is 64.0 Å². The molecule has 1 saturated carbocycles. The fourth-order valence-electron chi connectivity index (χ4n) is 4.17. The van der Waals surface area contributed by atoms with E-state index in [0.717, 1.165) is 28.6 Å². The zero-order valence-electron chi connectivity index (χ0n) is 19.4. The van der Waals surface area contributed by atoms with Crippen LogP contribution in [-0.2, 0) is 0 Å². The SMILES string of the molecule is Cc1noc(-c2ccc(-c3ccc(C4CC4)cc3)cc2)c1Nc1cccc(Oc2ccccc2)n1. The molecule has 1 N–H and O–H groups in total. The van der Waals surface area contributed by atoms with Gasteiger partial charge >= 0.3 is 0 Å². The van der Waals surface area contributed by atoms with E-state index in [0.29, 0.717) is 17.5 Å². The van der Waals surface area contributed by atoms with Crippen molar-refractivity contribution in [2.24, 2.45) is 0 Å². The third kappa shape index (κ3) is 4.66. The Balaban J connectivity index is 1.22. The van der Waals surface area contributed by atoms with Gasteiger partial charge in [-0.3, -0.25) is 0 Å². The average Bonchev–Trinajstić information content (AvgIpc) is 3.69. The molecule has 5 aromatic rings. The van der Waals surface area contributed by atoms with E-state index in [1.165, 1.54) is 29.5 Å². The van der Waals surface area contributed by atoms with Crippen LogP contribution >= 0.6 is 0 Å². The summed E-state index contributed by atoms with van der Waals surface area (Å²) in [5.74, 6) is 3.34. The number of anilines is 2. The highest BCUT2D eigenvalue weighted by atomic mass is 16.5. The minimum atomic E-state index is 0.508. The van der Waals surface area contributed by atoms with Crippen molar-refractivity contribution in [1.29, 1.82) is 0 Å². The molecule has 172 valence electrons. The number of hydrogen-bond acceptors (Lipinski definition) is 5. The van der Waals surface area contributed by atoms with Gasteiger partial charge in [-0.25, -0.2) is 0 Å². The number of nitrogens with zero attached hydrogens (tertiary/aromatic N) is 2. The van der Waals surface area contributed by atoms with Crippen LogP contribution in [-0.4, -0.2) is 10.1 Å². The highest BCUT2D eigenvalue weighted by Gasteiger charge is 2.23. The number of aryl methyl sites for hydroxylation is 1. The van der Waals surface area contributed by atoms with Gasteiger partial charge in [0.25, 0.3) is 0 Å². The molecule has 0 bridgehead atoms. The third-order valence-corrected chi connectivity index (χ3v) is 6.24. The molecule has 0 unspecified atom stereocenters. The zero-order chi connectivity index (χ0) is 23.6. The first-order valence-corrected chi connectivity index (χ1v) is 11.9. The Morgan fingerprint density at radius 3 is 2.17 bits per heavy atom. The predicted molar refractivity (Wildman–Crippen MR) is 138 cm³/mol. The molecule has 1 fully saturated rings. The van der Waals surface area contributed by atoms with Gasteiger partial charge in [0.1, 0.15) is 22.9 Å². The number of rotatable bonds is 7. The molecule has 5 nitrogen and oxygen atoms in total. The highest BCUT2D eigenvalue weighted by molar-refractivity contribution is 5.79. The van der Waals surface area contributed by atoms with Crippen molar-refractivity contribution in [1.82, 2.24) is 10.1 Å². The fourth-order valence-corrected chi connectivity index (χ4v) is 4.17. The second kappa shape index (κ2) is 9.11. The summed E-state index contributed by atoms with van der Waals surface area (Å²) < 4.78 is 11.6. The normalized spacial score (nSPS) is 12.9. The van der Waals surface area contributed by atoms with E-state index >= 15 is 0 Å². The van der Waals surface area contributed by atoms with Gasteiger partial charge in [-0.2, -0.15) is 4.98 Å². The summed E-state index contributed by atoms with van der Waals surface area (Å²) in [5, 5.41) is 7.56. The lowest BCUT2D eigenvalue weighted by molar-refractivity contribution is 0.427. The quantitative estimate of drug-likeness (QED) is 0.266. The summed E-state index contributed by atoms with van der Waals surface area (Å²) >= 11 is 0. The number of aromatic nitrogens is 2. The molecule has 2 heterocycles. The van der Waals surface area contributed by atoms with Gasteiger partial charge in [0, 0.05) is 11.6 Å². The van der Waals surface area contributed by atoms with E-state index in [1.807, 2.05) is 55.5 Å². The zero-order valence-corrected chi connectivity index (χ0v) is 19.4. The first-order valence-electron chi connectivity index (χ1n) is 11.9. The lowest BCUT2D eigenvalue weighted by atomic mass is 10.0. The minimum absolute atomic E-state index is 0.508. The van der Waals surface area contributed by atoms with E-state index in [9.17, 15) is 0 Å². The fraction of sp³-hybridized carbons (Fsp3) is 0.133. The number of nitrogens with one attached hydrogen (secondary N) is 1. The van der Waals surface area contributed by atoms with Crippen LogP contribution in [0.1, 0.15) is 30.0 Å². The van der Waals surface area contributed by atoms with Crippen molar-refractivity contribution in [2.45, 2.75) is 25.7 Å². The van der Waals surface area contributed by atoms with Gasteiger partial charge in [-0.15, -0.1) is 0 Å². The maximum Gasteiger partial charge on any atom is 0.221 e. The maximum atomic E-state index is 5.87. The maximum absolute atomic E-state index is 5.87. The van der Waals surface area contributed by atoms with Gasteiger partial charge in [0.15, 0.2) is 5.76 Å². The van der Waals surface area contributed by atoms with Crippen molar-refractivity contribution in [3.05, 3.63) is 108 Å². The van der Waals surface area contributed by atoms with Crippen LogP contribution in [0.4, 0.5) is 11.5 Å². The highest BCUT2D eigenvalue weighted by Crippen LogP contribution is 2.40. The molecule has 0 saturated heterocycles. The van der Waals surface area contributed by atoms with Crippen LogP contribution in [0.2, 0.25) is 0 Å². The second-order valence-electron chi connectivity index (χ2n) is 8.85. The van der Waals surface area contributed by atoms with Gasteiger partial charge in [-0.05, 0) is 60.6 Å². The second-order valence-corrected chi connectivity index (χ2v) is 8.85. The molecule has 0 amide bonds. The topological polar surface area (TPSA) is 60.2 Å². The van der Waals surface area contributed by atoms with Crippen LogP contribution in [0, 0.1) is 6.92 Å². The van der Waals surface area contributed by atoms with E-state index in [1.54, 1.807) is 0 Å². The number of hydrogen-bond donors (Lipinski definition) is 1. The van der Waals surface area contributed by atoms with Crippen LogP contribution in [0.5, 0.6) is 11.6 Å². The number of para-hydroxylation sites is 1. The Kier molecular flexibility index (Phi) is 5.51. The Labute approximate surface area is 204 Å². The molecule has 0 aliphatic heterocycles. The van der Waals surface area contributed by atoms with Gasteiger partial charge in [-0.1, -0.05) is 78.0 Å². The minimum Gasteiger partial charge on any atom is -0.439 e. The van der Waals surface area contributed by atoms with Crippen molar-refractivity contribution in [3.8, 4) is 34.1 Å². The summed E-state index contributed by atoms with van der Waals surface area (Å²) in [7, 11) is 0. The number of benzene rings is 3. The molecular formula is C30H25N3O2. The van der Waals surface area contributed by atoms with Crippen molar-refractivity contribution >= 4 is 11.5 Å². The van der Waals surface area contributed by atoms with Crippen molar-refractivity contribution < 1.29 is 9.26 Å². The Morgan fingerprint density at radius 2 is 1.46 bits per heavy atom. The molecule has 5 heteroatoms. The molecule has 0 radical (unpaired) electrons. The summed E-state index contributed by atoms with van der Waals surface area (Å²) in [6.07, 6.45) is 2.64. The Hall–Kier alpha value is -4.38. The van der Waals surface area contributed by atoms with E-state index < -0.39 is 0 Å². The van der Waals surface area contributed by atoms with Crippen LogP contribution in [0.25, 0.3) is 22.5 Å². The monoisotopic (exact) mass is 459 g/mol. The standard InChI is InChI=1S/C30H25N3O2/c1-20-29(32-27-8-5-9-28(31-27)34-26-6-3-2-4-7-26)30(35-33-20)25-18-16-24(17-19-25)23-14-12-22(13-15-23)21-10-11-21/h2-9,12-19,21H,10-11H2,1H3,(H,31,32). The van der Waals surface area contributed by atoms with Crippen LogP contribution < -0.4 is 10.1 Å². The summed E-state index contributed by atoms with van der Waals surface area (Å²) in [6.45, 7) is 1.91. The van der Waals surface area contributed by atoms with Gasteiger partial charge < -0.3 is 14.6 Å². The van der Waals surface area contributed by atoms with Crippen LogP contribution in [0.15, 0.2) is 102 Å². The predicted octanol–water partition coefficient (Wildman–Crippen LogP) is 8.13. The first-order chi connectivity index (χ1) is 17.2. The molecule has 0 atom stereocenters. The van der Waals surface area contributed by atoms with Crippen molar-refractivity contribution in [2.75, 3.05) is 5.32 Å². The Bertz CT molecular complexity index is 1440.